The number of ether oxygens (including phenoxy) is 1. The molecule has 17 heavy (non-hydrogen) atoms. The maximum atomic E-state index is 5.51. The van der Waals surface area contributed by atoms with E-state index < -0.39 is 0 Å². The number of nitrogens with one attached hydrogen (secondary N) is 1. The monoisotopic (exact) mass is 240 g/mol. The molecule has 0 bridgehead atoms. The Bertz CT molecular complexity index is 228. The minimum atomic E-state index is 0.637. The van der Waals surface area contributed by atoms with Crippen LogP contribution in [0.25, 0.3) is 0 Å². The van der Waals surface area contributed by atoms with Gasteiger partial charge in [-0.15, -0.1) is 0 Å². The van der Waals surface area contributed by atoms with Crippen LogP contribution in [0.15, 0.2) is 0 Å². The highest BCUT2D eigenvalue weighted by Crippen LogP contribution is 2.22. The molecule has 0 amide bonds. The van der Waals surface area contributed by atoms with Crippen molar-refractivity contribution < 1.29 is 4.74 Å². The summed E-state index contributed by atoms with van der Waals surface area (Å²) in [5, 5.41) is 3.63. The van der Waals surface area contributed by atoms with Gasteiger partial charge in [0, 0.05) is 38.3 Å². The molecule has 2 rings (SSSR count). The smallest absolute Gasteiger partial charge is 0.0507 e. The van der Waals surface area contributed by atoms with E-state index in [4.69, 9.17) is 4.74 Å². The van der Waals surface area contributed by atoms with Crippen molar-refractivity contribution in [1.29, 1.82) is 0 Å². The summed E-state index contributed by atoms with van der Waals surface area (Å²) < 4.78 is 5.51. The zero-order chi connectivity index (χ0) is 12.3. The van der Waals surface area contributed by atoms with Gasteiger partial charge in [-0.05, 0) is 25.2 Å². The normalized spacial score (nSPS) is 37.2. The molecule has 1 N–H and O–H groups in total. The van der Waals surface area contributed by atoms with Crippen molar-refractivity contribution in [2.45, 2.75) is 45.7 Å². The van der Waals surface area contributed by atoms with E-state index in [0.29, 0.717) is 6.04 Å². The molecule has 2 heterocycles. The van der Waals surface area contributed by atoms with E-state index in [0.717, 1.165) is 37.6 Å². The SMILES string of the molecule is CCC(C)C1CNC(C)CN1CC1CCOC1. The van der Waals surface area contributed by atoms with Gasteiger partial charge in [-0.1, -0.05) is 20.3 Å². The lowest BCUT2D eigenvalue weighted by Crippen LogP contribution is -2.58. The lowest BCUT2D eigenvalue weighted by Gasteiger charge is -2.43. The average molecular weight is 240 g/mol. The first-order valence-electron chi connectivity index (χ1n) is 7.25. The van der Waals surface area contributed by atoms with E-state index in [2.05, 4.69) is 31.0 Å². The molecule has 3 heteroatoms. The van der Waals surface area contributed by atoms with Crippen molar-refractivity contribution in [2.75, 3.05) is 32.8 Å². The zero-order valence-electron chi connectivity index (χ0n) is 11.6. The molecule has 2 saturated heterocycles. The Morgan fingerprint density at radius 2 is 2.29 bits per heavy atom. The first-order valence-corrected chi connectivity index (χ1v) is 7.25. The van der Waals surface area contributed by atoms with Gasteiger partial charge in [-0.2, -0.15) is 0 Å². The van der Waals surface area contributed by atoms with Crippen LogP contribution < -0.4 is 5.32 Å². The fourth-order valence-corrected chi connectivity index (χ4v) is 3.10. The van der Waals surface area contributed by atoms with Gasteiger partial charge in [-0.3, -0.25) is 4.90 Å². The van der Waals surface area contributed by atoms with Gasteiger partial charge in [0.15, 0.2) is 0 Å². The van der Waals surface area contributed by atoms with E-state index in [9.17, 15) is 0 Å². The van der Waals surface area contributed by atoms with E-state index in [1.165, 1.54) is 25.9 Å². The van der Waals surface area contributed by atoms with E-state index in [1.807, 2.05) is 0 Å². The molecule has 0 aromatic carbocycles. The van der Waals surface area contributed by atoms with Crippen molar-refractivity contribution in [3.63, 3.8) is 0 Å². The third-order valence-corrected chi connectivity index (χ3v) is 4.47. The third-order valence-electron chi connectivity index (χ3n) is 4.47. The standard InChI is InChI=1S/C14H28N2O/c1-4-11(2)14-7-15-12(3)8-16(14)9-13-5-6-17-10-13/h11-15H,4-10H2,1-3H3. The lowest BCUT2D eigenvalue weighted by molar-refractivity contribution is 0.0748. The molecule has 0 saturated carbocycles. The zero-order valence-corrected chi connectivity index (χ0v) is 11.6. The molecule has 4 unspecified atom stereocenters. The minimum absolute atomic E-state index is 0.637. The Morgan fingerprint density at radius 3 is 2.94 bits per heavy atom. The summed E-state index contributed by atoms with van der Waals surface area (Å²) in [5.41, 5.74) is 0. The first-order chi connectivity index (χ1) is 8.20. The fraction of sp³-hybridized carbons (Fsp3) is 1.00. The van der Waals surface area contributed by atoms with Crippen LogP contribution >= 0.6 is 0 Å². The van der Waals surface area contributed by atoms with E-state index in [1.54, 1.807) is 0 Å². The predicted molar refractivity (Wildman–Crippen MR) is 71.2 cm³/mol. The van der Waals surface area contributed by atoms with Gasteiger partial charge in [-0.25, -0.2) is 0 Å². The van der Waals surface area contributed by atoms with Gasteiger partial charge >= 0.3 is 0 Å². The highest BCUT2D eigenvalue weighted by molar-refractivity contribution is 4.88. The highest BCUT2D eigenvalue weighted by atomic mass is 16.5. The number of rotatable bonds is 4. The molecule has 2 aliphatic rings. The molecule has 0 aliphatic carbocycles. The molecule has 3 nitrogen and oxygen atoms in total. The quantitative estimate of drug-likeness (QED) is 0.810. The van der Waals surface area contributed by atoms with Gasteiger partial charge in [0.2, 0.25) is 0 Å². The number of hydrogen-bond donors (Lipinski definition) is 1. The van der Waals surface area contributed by atoms with Crippen LogP contribution in [-0.2, 0) is 4.74 Å². The molecule has 100 valence electrons. The number of piperazine rings is 1. The van der Waals surface area contributed by atoms with E-state index >= 15 is 0 Å². The predicted octanol–water partition coefficient (Wildman–Crippen LogP) is 1.73. The lowest BCUT2D eigenvalue weighted by atomic mass is 9.93. The van der Waals surface area contributed by atoms with Gasteiger partial charge in [0.1, 0.15) is 0 Å². The average Bonchev–Trinajstić information content (AvgIpc) is 2.81. The van der Waals surface area contributed by atoms with Crippen molar-refractivity contribution in [3.05, 3.63) is 0 Å². The van der Waals surface area contributed by atoms with Gasteiger partial charge in [0.25, 0.3) is 0 Å². The molecular formula is C14H28N2O. The maximum absolute atomic E-state index is 5.51. The van der Waals surface area contributed by atoms with Crippen molar-refractivity contribution in [2.24, 2.45) is 11.8 Å². The Morgan fingerprint density at radius 1 is 1.47 bits per heavy atom. The fourth-order valence-electron chi connectivity index (χ4n) is 3.10. The molecular weight excluding hydrogens is 212 g/mol. The first kappa shape index (κ1) is 13.3. The summed E-state index contributed by atoms with van der Waals surface area (Å²) in [7, 11) is 0. The second-order valence-electron chi connectivity index (χ2n) is 5.95. The van der Waals surface area contributed by atoms with Crippen LogP contribution in [0.5, 0.6) is 0 Å². The summed E-state index contributed by atoms with van der Waals surface area (Å²) in [4.78, 5) is 2.72. The van der Waals surface area contributed by atoms with Crippen molar-refractivity contribution in [1.82, 2.24) is 10.2 Å². The summed E-state index contributed by atoms with van der Waals surface area (Å²) in [5.74, 6) is 1.56. The molecule has 4 atom stereocenters. The Kier molecular flexibility index (Phi) is 4.83. The van der Waals surface area contributed by atoms with Crippen molar-refractivity contribution in [3.8, 4) is 0 Å². The molecule has 0 aromatic rings. The van der Waals surface area contributed by atoms with E-state index in [-0.39, 0.29) is 0 Å². The maximum Gasteiger partial charge on any atom is 0.0507 e. The Balaban J connectivity index is 1.92. The Hall–Kier alpha value is -0.120. The van der Waals surface area contributed by atoms with Crippen LogP contribution in [0.1, 0.15) is 33.6 Å². The Labute approximate surface area is 106 Å². The topological polar surface area (TPSA) is 24.5 Å². The molecule has 2 fully saturated rings. The summed E-state index contributed by atoms with van der Waals surface area (Å²) in [6.45, 7) is 12.5. The molecule has 0 aromatic heterocycles. The largest absolute Gasteiger partial charge is 0.381 e. The minimum Gasteiger partial charge on any atom is -0.381 e. The van der Waals surface area contributed by atoms with Crippen LogP contribution in [0.2, 0.25) is 0 Å². The van der Waals surface area contributed by atoms with Gasteiger partial charge < -0.3 is 10.1 Å². The van der Waals surface area contributed by atoms with Gasteiger partial charge in [0.05, 0.1) is 6.61 Å². The second-order valence-corrected chi connectivity index (χ2v) is 5.95. The summed E-state index contributed by atoms with van der Waals surface area (Å²) in [6, 6.07) is 1.36. The highest BCUT2D eigenvalue weighted by Gasteiger charge is 2.31. The molecule has 0 radical (unpaired) electrons. The van der Waals surface area contributed by atoms with Crippen LogP contribution in [0.3, 0.4) is 0 Å². The van der Waals surface area contributed by atoms with Crippen LogP contribution in [-0.4, -0.2) is 49.8 Å². The summed E-state index contributed by atoms with van der Waals surface area (Å²) in [6.07, 6.45) is 2.53. The number of hydrogen-bond acceptors (Lipinski definition) is 3. The molecule has 0 spiro atoms. The number of nitrogens with zero attached hydrogens (tertiary/aromatic N) is 1. The van der Waals surface area contributed by atoms with Crippen LogP contribution in [0.4, 0.5) is 0 Å². The second kappa shape index (κ2) is 6.17. The van der Waals surface area contributed by atoms with Crippen molar-refractivity contribution >= 4 is 0 Å². The van der Waals surface area contributed by atoms with Crippen LogP contribution in [0, 0.1) is 11.8 Å². The summed E-state index contributed by atoms with van der Waals surface area (Å²) >= 11 is 0. The molecule has 2 aliphatic heterocycles. The third kappa shape index (κ3) is 3.43.